The molecule has 0 nitrogen and oxygen atoms in total. The van der Waals surface area contributed by atoms with E-state index in [0.717, 1.165) is 0 Å². The minimum atomic E-state index is -8.18. The zero-order valence-corrected chi connectivity index (χ0v) is 13.3. The van der Waals surface area contributed by atoms with Gasteiger partial charge in [-0.3, -0.25) is 0 Å². The third kappa shape index (κ3) is 2.89. The van der Waals surface area contributed by atoms with Crippen LogP contribution in [0.4, 0.5) is 70.2 Å². The molecule has 0 aromatic rings. The highest BCUT2D eigenvalue weighted by Gasteiger charge is 2.95. The maximum absolute atomic E-state index is 14.8. The molecule has 1 rings (SSSR count). The van der Waals surface area contributed by atoms with Crippen LogP contribution in [0.1, 0.15) is 12.8 Å². The summed E-state index contributed by atoms with van der Waals surface area (Å²) in [7, 11) is 0. The fourth-order valence-corrected chi connectivity index (χ4v) is 2.84. The Hall–Kier alpha value is -1.12. The van der Waals surface area contributed by atoms with Crippen LogP contribution in [0.5, 0.6) is 0 Å². The summed E-state index contributed by atoms with van der Waals surface area (Å²) in [6.45, 7) is 2.57. The Morgan fingerprint density at radius 3 is 1.45 bits per heavy atom. The Morgan fingerprint density at radius 1 is 0.724 bits per heavy atom. The summed E-state index contributed by atoms with van der Waals surface area (Å²) in [4.78, 5) is 0. The Morgan fingerprint density at radius 2 is 1.14 bits per heavy atom. The lowest BCUT2D eigenvalue weighted by Gasteiger charge is -2.47. The first-order chi connectivity index (χ1) is 12.4. The molecule has 1 saturated carbocycles. The van der Waals surface area contributed by atoms with Gasteiger partial charge in [0, 0.05) is 12.3 Å². The van der Waals surface area contributed by atoms with E-state index in [1.807, 2.05) is 0 Å². The lowest BCUT2D eigenvalue weighted by atomic mass is 9.73. The van der Waals surface area contributed by atoms with Crippen molar-refractivity contribution in [3.05, 3.63) is 13.3 Å². The first-order valence-electron chi connectivity index (χ1n) is 7.08. The van der Waals surface area contributed by atoms with Crippen molar-refractivity contribution in [2.24, 2.45) is 5.92 Å². The van der Waals surface area contributed by atoms with Crippen LogP contribution in [0.2, 0.25) is 0 Å². The van der Waals surface area contributed by atoms with Gasteiger partial charge in [0.2, 0.25) is 11.3 Å². The molecule has 0 heterocycles. The molecule has 0 saturated heterocycles. The summed E-state index contributed by atoms with van der Waals surface area (Å²) in [5.74, 6) is -35.2. The lowest BCUT2D eigenvalue weighted by Crippen LogP contribution is -2.76. The van der Waals surface area contributed by atoms with Gasteiger partial charge in [0.25, 0.3) is 0 Å². The van der Waals surface area contributed by atoms with Crippen molar-refractivity contribution in [3.63, 3.8) is 0 Å². The highest BCUT2D eigenvalue weighted by molar-refractivity contribution is 5.30. The standard InChI is InChI=1S/C13H8F16/c1-2-5-3-4-6(14,12(24,25)26)7(5,15)8(16,17)9(18,19)10(20,21)11(22,23)13(27,28)29/h4-5H,1-3H2. The maximum atomic E-state index is 14.8. The van der Waals surface area contributed by atoms with E-state index in [4.69, 9.17) is 0 Å². The van der Waals surface area contributed by atoms with Crippen molar-refractivity contribution in [1.82, 2.24) is 0 Å². The molecule has 1 aliphatic rings. The molecule has 3 atom stereocenters. The molecule has 1 aliphatic carbocycles. The van der Waals surface area contributed by atoms with Crippen LogP contribution in [0.25, 0.3) is 0 Å². The van der Waals surface area contributed by atoms with Crippen molar-refractivity contribution >= 4 is 0 Å². The smallest absolute Gasteiger partial charge is 0.233 e. The molecule has 0 N–H and O–H groups in total. The Bertz CT molecular complexity index is 615. The number of rotatable bonds is 5. The lowest BCUT2D eigenvalue weighted by molar-refractivity contribution is -0.442. The Balaban J connectivity index is 3.81. The van der Waals surface area contributed by atoms with Gasteiger partial charge in [0.1, 0.15) is 0 Å². The van der Waals surface area contributed by atoms with E-state index in [1.165, 1.54) is 0 Å². The van der Waals surface area contributed by atoms with Crippen molar-refractivity contribution < 1.29 is 70.2 Å². The number of hydrogen-bond donors (Lipinski definition) is 0. The summed E-state index contributed by atoms with van der Waals surface area (Å²) in [5.41, 5.74) is -12.5. The van der Waals surface area contributed by atoms with E-state index in [-0.39, 0.29) is 0 Å². The Labute approximate surface area is 151 Å². The molecular formula is C13H8F16. The fourth-order valence-electron chi connectivity index (χ4n) is 2.84. The van der Waals surface area contributed by atoms with Crippen molar-refractivity contribution in [2.75, 3.05) is 0 Å². The SMILES string of the molecule is [CH2]CC1C[CH]C(F)(C(F)(F)F)C1(F)C(F)(F)C(F)(F)C(F)(F)C(F)(F)C(F)(F)F. The quantitative estimate of drug-likeness (QED) is 0.404. The normalized spacial score (nSPS) is 30.7. The Kier molecular flexibility index (Phi) is 5.75. The maximum Gasteiger partial charge on any atom is 0.460 e. The summed E-state index contributed by atoms with van der Waals surface area (Å²) in [5, 5.41) is 0. The van der Waals surface area contributed by atoms with Gasteiger partial charge in [-0.05, 0) is 12.8 Å². The minimum absolute atomic E-state index is 0.965. The molecule has 0 aromatic heterocycles. The average molecular weight is 468 g/mol. The van der Waals surface area contributed by atoms with Crippen molar-refractivity contribution in [2.45, 2.75) is 60.2 Å². The molecule has 0 amide bonds. The molecule has 0 aromatic carbocycles. The van der Waals surface area contributed by atoms with Gasteiger partial charge in [-0.1, -0.05) is 6.92 Å². The van der Waals surface area contributed by atoms with Gasteiger partial charge in [0.05, 0.1) is 0 Å². The third-order valence-electron chi connectivity index (χ3n) is 4.53. The third-order valence-corrected chi connectivity index (χ3v) is 4.53. The van der Waals surface area contributed by atoms with Crippen LogP contribution >= 0.6 is 0 Å². The second-order valence-corrected chi connectivity index (χ2v) is 6.14. The van der Waals surface area contributed by atoms with E-state index in [9.17, 15) is 70.2 Å². The number of halogens is 16. The molecule has 0 aliphatic heterocycles. The van der Waals surface area contributed by atoms with Crippen LogP contribution in [-0.2, 0) is 0 Å². The molecule has 172 valence electrons. The first-order valence-corrected chi connectivity index (χ1v) is 7.08. The number of alkyl halides is 16. The molecular weight excluding hydrogens is 460 g/mol. The van der Waals surface area contributed by atoms with Crippen molar-refractivity contribution in [3.8, 4) is 0 Å². The van der Waals surface area contributed by atoms with Gasteiger partial charge < -0.3 is 0 Å². The van der Waals surface area contributed by atoms with E-state index in [2.05, 4.69) is 6.92 Å². The topological polar surface area (TPSA) is 0 Å². The molecule has 1 fully saturated rings. The van der Waals surface area contributed by atoms with E-state index >= 15 is 0 Å². The van der Waals surface area contributed by atoms with Crippen molar-refractivity contribution in [1.29, 1.82) is 0 Å². The molecule has 29 heavy (non-hydrogen) atoms. The van der Waals surface area contributed by atoms with Gasteiger partial charge in [0.15, 0.2) is 0 Å². The molecule has 0 spiro atoms. The first kappa shape index (κ1) is 25.9. The van der Waals surface area contributed by atoms with Gasteiger partial charge in [-0.25, -0.2) is 8.78 Å². The molecule has 16 heteroatoms. The van der Waals surface area contributed by atoms with Gasteiger partial charge >= 0.3 is 36.0 Å². The molecule has 0 bridgehead atoms. The minimum Gasteiger partial charge on any atom is -0.233 e. The summed E-state index contributed by atoms with van der Waals surface area (Å²) in [6, 6.07) is 0. The van der Waals surface area contributed by atoms with Crippen LogP contribution in [0.15, 0.2) is 0 Å². The van der Waals surface area contributed by atoms with Gasteiger partial charge in [-0.15, -0.1) is 0 Å². The molecule has 3 unspecified atom stereocenters. The van der Waals surface area contributed by atoms with Gasteiger partial charge in [-0.2, -0.15) is 61.5 Å². The van der Waals surface area contributed by atoms with Crippen LogP contribution in [-0.4, -0.2) is 47.4 Å². The zero-order valence-electron chi connectivity index (χ0n) is 13.3. The van der Waals surface area contributed by atoms with E-state index < -0.39 is 72.6 Å². The highest BCUT2D eigenvalue weighted by atomic mass is 19.4. The highest BCUT2D eigenvalue weighted by Crippen LogP contribution is 2.68. The second-order valence-electron chi connectivity index (χ2n) is 6.14. The van der Waals surface area contributed by atoms with Crippen LogP contribution < -0.4 is 0 Å². The summed E-state index contributed by atoms with van der Waals surface area (Å²) >= 11 is 0. The second kappa shape index (κ2) is 6.44. The number of hydrogen-bond acceptors (Lipinski definition) is 0. The zero-order chi connectivity index (χ0) is 23.7. The summed E-state index contributed by atoms with van der Waals surface area (Å²) in [6.07, 6.45) is -18.7. The predicted octanol–water partition coefficient (Wildman–Crippen LogP) is 6.52. The average Bonchev–Trinajstić information content (AvgIpc) is 2.79. The molecule has 2 radical (unpaired) electrons. The fraction of sp³-hybridized carbons (Fsp3) is 0.846. The van der Waals surface area contributed by atoms with E-state index in [1.54, 1.807) is 0 Å². The predicted molar refractivity (Wildman–Crippen MR) is 62.0 cm³/mol. The summed E-state index contributed by atoms with van der Waals surface area (Å²) < 4.78 is 211. The largest absolute Gasteiger partial charge is 0.460 e. The van der Waals surface area contributed by atoms with Crippen LogP contribution in [0.3, 0.4) is 0 Å². The monoisotopic (exact) mass is 468 g/mol. The van der Waals surface area contributed by atoms with Crippen LogP contribution in [0, 0.1) is 19.3 Å². The van der Waals surface area contributed by atoms with E-state index in [0.29, 0.717) is 0 Å².